The summed E-state index contributed by atoms with van der Waals surface area (Å²) in [6.45, 7) is 2.93. The molecule has 0 atom stereocenters. The number of fused-ring (bicyclic) bond motifs is 1. The number of amides is 1. The van der Waals surface area contributed by atoms with Crippen LogP contribution in [0.5, 0.6) is 0 Å². The summed E-state index contributed by atoms with van der Waals surface area (Å²) < 4.78 is 0. The highest BCUT2D eigenvalue weighted by atomic mass is 35.5. The van der Waals surface area contributed by atoms with Gasteiger partial charge in [0.1, 0.15) is 0 Å². The number of halogens is 2. The molecule has 0 radical (unpaired) electrons. The lowest BCUT2D eigenvalue weighted by molar-refractivity contribution is -0.120. The fraction of sp³-hybridized carbons (Fsp3) is 0.182. The largest absolute Gasteiger partial charge is 0.352 e. The molecule has 1 amide bonds. The maximum atomic E-state index is 12.3. The molecule has 29 heavy (non-hydrogen) atoms. The maximum Gasteiger partial charge on any atom is 0.226 e. The van der Waals surface area contributed by atoms with E-state index in [2.05, 4.69) is 20.3 Å². The molecule has 0 bridgehead atoms. The third-order valence-electron chi connectivity index (χ3n) is 4.69. The predicted molar refractivity (Wildman–Crippen MR) is 115 cm³/mol. The number of nitrogens with zero attached hydrogens (tertiary/aromatic N) is 3. The van der Waals surface area contributed by atoms with Gasteiger partial charge in [0.2, 0.25) is 5.91 Å². The standard InChI is InChI=1S/C22H18Cl2N4O/c1-13-6-15(4-5-25-13)22-18-12-26-17(8-16(18)11-28-22)9-21(29)27-10-14-2-3-19(23)20(24)7-14/h2-8,12H,9-11H2,1H3,(H,27,29). The van der Waals surface area contributed by atoms with Crippen molar-refractivity contribution >= 4 is 34.8 Å². The van der Waals surface area contributed by atoms with Crippen molar-refractivity contribution in [3.05, 3.63) is 92.5 Å². The second-order valence-electron chi connectivity index (χ2n) is 6.89. The number of carbonyl (C=O) groups is 1. The molecule has 5 nitrogen and oxygen atoms in total. The van der Waals surface area contributed by atoms with E-state index in [1.807, 2.05) is 31.2 Å². The van der Waals surface area contributed by atoms with Crippen LogP contribution in [0.25, 0.3) is 0 Å². The van der Waals surface area contributed by atoms with Crippen molar-refractivity contribution in [3.8, 4) is 0 Å². The van der Waals surface area contributed by atoms with Gasteiger partial charge < -0.3 is 5.32 Å². The second-order valence-corrected chi connectivity index (χ2v) is 7.70. The fourth-order valence-corrected chi connectivity index (χ4v) is 3.57. The molecule has 0 saturated heterocycles. The number of aryl methyl sites for hydroxylation is 1. The number of benzene rings is 1. The van der Waals surface area contributed by atoms with Crippen LogP contribution in [0.15, 0.2) is 53.8 Å². The van der Waals surface area contributed by atoms with Gasteiger partial charge in [-0.3, -0.25) is 19.8 Å². The van der Waals surface area contributed by atoms with Crippen LogP contribution in [0.2, 0.25) is 10.0 Å². The van der Waals surface area contributed by atoms with Crippen molar-refractivity contribution in [2.45, 2.75) is 26.4 Å². The van der Waals surface area contributed by atoms with Crippen molar-refractivity contribution in [1.29, 1.82) is 0 Å². The first-order valence-corrected chi connectivity index (χ1v) is 9.91. The molecule has 1 aliphatic rings. The van der Waals surface area contributed by atoms with E-state index in [0.717, 1.165) is 39.4 Å². The first-order valence-electron chi connectivity index (χ1n) is 9.16. The van der Waals surface area contributed by atoms with Crippen LogP contribution in [0, 0.1) is 6.92 Å². The van der Waals surface area contributed by atoms with Gasteiger partial charge in [0, 0.05) is 35.8 Å². The predicted octanol–water partition coefficient (Wildman–Crippen LogP) is 4.30. The van der Waals surface area contributed by atoms with Crippen molar-refractivity contribution in [2.75, 3.05) is 0 Å². The molecule has 1 N–H and O–H groups in total. The molecule has 2 aromatic heterocycles. The summed E-state index contributed by atoms with van der Waals surface area (Å²) in [6.07, 6.45) is 3.79. The van der Waals surface area contributed by atoms with Gasteiger partial charge in [-0.05, 0) is 48.4 Å². The Morgan fingerprint density at radius 2 is 1.97 bits per heavy atom. The lowest BCUT2D eigenvalue weighted by Crippen LogP contribution is -2.25. The molecule has 0 spiro atoms. The molecule has 3 heterocycles. The summed E-state index contributed by atoms with van der Waals surface area (Å²) in [6, 6.07) is 11.2. The molecule has 4 rings (SSSR count). The van der Waals surface area contributed by atoms with Crippen LogP contribution in [-0.4, -0.2) is 21.6 Å². The molecule has 1 aromatic carbocycles. The molecule has 7 heteroatoms. The average Bonchev–Trinajstić information content (AvgIpc) is 3.12. The molecule has 0 aliphatic carbocycles. The van der Waals surface area contributed by atoms with Crippen LogP contribution >= 0.6 is 23.2 Å². The first kappa shape index (κ1) is 19.6. The van der Waals surface area contributed by atoms with Gasteiger partial charge in [0.15, 0.2) is 0 Å². The topological polar surface area (TPSA) is 67.2 Å². The summed E-state index contributed by atoms with van der Waals surface area (Å²) in [5.41, 5.74) is 6.60. The van der Waals surface area contributed by atoms with Gasteiger partial charge >= 0.3 is 0 Å². The summed E-state index contributed by atoms with van der Waals surface area (Å²) in [4.78, 5) is 25.7. The van der Waals surface area contributed by atoms with E-state index in [1.165, 1.54) is 0 Å². The van der Waals surface area contributed by atoms with E-state index in [0.29, 0.717) is 23.1 Å². The quantitative estimate of drug-likeness (QED) is 0.663. The van der Waals surface area contributed by atoms with E-state index < -0.39 is 0 Å². The lowest BCUT2D eigenvalue weighted by atomic mass is 10.0. The highest BCUT2D eigenvalue weighted by molar-refractivity contribution is 6.42. The Bertz CT molecular complexity index is 1130. The molecule has 0 unspecified atom stereocenters. The summed E-state index contributed by atoms with van der Waals surface area (Å²) in [5.74, 6) is -0.104. The van der Waals surface area contributed by atoms with Gasteiger partial charge in [-0.2, -0.15) is 0 Å². The molecule has 146 valence electrons. The zero-order valence-electron chi connectivity index (χ0n) is 15.7. The monoisotopic (exact) mass is 424 g/mol. The minimum atomic E-state index is -0.104. The Hall–Kier alpha value is -2.76. The Balaban J connectivity index is 1.41. The van der Waals surface area contributed by atoms with Crippen molar-refractivity contribution in [2.24, 2.45) is 4.99 Å². The molecule has 0 fully saturated rings. The van der Waals surface area contributed by atoms with Gasteiger partial charge in [0.05, 0.1) is 34.4 Å². The molecule has 3 aromatic rings. The highest BCUT2D eigenvalue weighted by Gasteiger charge is 2.19. The van der Waals surface area contributed by atoms with Gasteiger partial charge in [-0.25, -0.2) is 0 Å². The first-order chi connectivity index (χ1) is 14.0. The van der Waals surface area contributed by atoms with Crippen LogP contribution in [0.4, 0.5) is 0 Å². The third-order valence-corrected chi connectivity index (χ3v) is 5.43. The maximum absolute atomic E-state index is 12.3. The number of nitrogens with one attached hydrogen (secondary N) is 1. The number of aromatic nitrogens is 2. The Labute approximate surface area is 178 Å². The van der Waals surface area contributed by atoms with E-state index >= 15 is 0 Å². The summed E-state index contributed by atoms with van der Waals surface area (Å²) in [5, 5.41) is 3.85. The van der Waals surface area contributed by atoms with E-state index in [1.54, 1.807) is 24.5 Å². The smallest absolute Gasteiger partial charge is 0.226 e. The van der Waals surface area contributed by atoms with Crippen molar-refractivity contribution in [1.82, 2.24) is 15.3 Å². The second kappa shape index (κ2) is 8.31. The van der Waals surface area contributed by atoms with Crippen molar-refractivity contribution < 1.29 is 4.79 Å². The van der Waals surface area contributed by atoms with E-state index in [9.17, 15) is 4.79 Å². The summed E-state index contributed by atoms with van der Waals surface area (Å²) in [7, 11) is 0. The average molecular weight is 425 g/mol. The Kier molecular flexibility index (Phi) is 5.60. The number of aliphatic imine (C=N–C) groups is 1. The molecule has 1 aliphatic heterocycles. The van der Waals surface area contributed by atoms with Crippen LogP contribution < -0.4 is 5.32 Å². The number of hydrogen-bond acceptors (Lipinski definition) is 4. The molecular formula is C22H18Cl2N4O. The van der Waals surface area contributed by atoms with E-state index in [-0.39, 0.29) is 12.3 Å². The van der Waals surface area contributed by atoms with Crippen LogP contribution in [0.3, 0.4) is 0 Å². The number of hydrogen-bond donors (Lipinski definition) is 1. The zero-order chi connectivity index (χ0) is 20.4. The van der Waals surface area contributed by atoms with Gasteiger partial charge in [-0.15, -0.1) is 0 Å². The molecular weight excluding hydrogens is 407 g/mol. The SMILES string of the molecule is Cc1cc(C2=NCc3cc(CC(=O)NCc4ccc(Cl)c(Cl)c4)ncc32)ccn1. The minimum absolute atomic E-state index is 0.104. The van der Waals surface area contributed by atoms with Gasteiger partial charge in [-0.1, -0.05) is 29.3 Å². The van der Waals surface area contributed by atoms with E-state index in [4.69, 9.17) is 23.2 Å². The number of rotatable bonds is 5. The van der Waals surface area contributed by atoms with Crippen LogP contribution in [0.1, 0.15) is 33.6 Å². The number of carbonyl (C=O) groups excluding carboxylic acids is 1. The lowest BCUT2D eigenvalue weighted by Gasteiger charge is -2.08. The fourth-order valence-electron chi connectivity index (χ4n) is 3.25. The third kappa shape index (κ3) is 4.47. The zero-order valence-corrected chi connectivity index (χ0v) is 17.3. The highest BCUT2D eigenvalue weighted by Crippen LogP contribution is 2.24. The summed E-state index contributed by atoms with van der Waals surface area (Å²) >= 11 is 11.9. The number of pyridine rings is 2. The van der Waals surface area contributed by atoms with Crippen molar-refractivity contribution in [3.63, 3.8) is 0 Å². The molecule has 0 saturated carbocycles. The van der Waals surface area contributed by atoms with Gasteiger partial charge in [0.25, 0.3) is 0 Å². The normalized spacial score (nSPS) is 12.4. The minimum Gasteiger partial charge on any atom is -0.352 e. The Morgan fingerprint density at radius 1 is 1.10 bits per heavy atom. The van der Waals surface area contributed by atoms with Crippen LogP contribution in [-0.2, 0) is 24.3 Å². The Morgan fingerprint density at radius 3 is 2.76 bits per heavy atom.